The highest BCUT2D eigenvalue weighted by molar-refractivity contribution is 8.13. The second-order valence-corrected chi connectivity index (χ2v) is 5.18. The molecule has 0 saturated carbocycles. The smallest absolute Gasteiger partial charge is 0.338 e. The van der Waals surface area contributed by atoms with Gasteiger partial charge < -0.3 is 5.11 Å². The highest BCUT2D eigenvalue weighted by Gasteiger charge is 2.16. The average molecular weight is 256 g/mol. The Bertz CT molecular complexity index is 485. The summed E-state index contributed by atoms with van der Waals surface area (Å²) in [6.45, 7) is 0. The van der Waals surface area contributed by atoms with Crippen LogP contribution in [0.25, 0.3) is 0 Å². The Kier molecular flexibility index (Phi) is 2.98. The van der Waals surface area contributed by atoms with Gasteiger partial charge in [-0.2, -0.15) is 0 Å². The van der Waals surface area contributed by atoms with Crippen molar-refractivity contribution in [1.82, 2.24) is 4.98 Å². The fraction of sp³-hybridized carbons (Fsp3) is 0. The van der Waals surface area contributed by atoms with Gasteiger partial charge in [0.2, 0.25) is 0 Å². The summed E-state index contributed by atoms with van der Waals surface area (Å²) in [6, 6.07) is 0.847. The molecule has 1 rings (SSSR count). The van der Waals surface area contributed by atoms with E-state index in [4.69, 9.17) is 27.4 Å². The molecule has 1 heterocycles. The van der Waals surface area contributed by atoms with Crippen molar-refractivity contribution in [3.63, 3.8) is 0 Å². The van der Waals surface area contributed by atoms with Crippen molar-refractivity contribution >= 4 is 37.3 Å². The van der Waals surface area contributed by atoms with E-state index in [1.165, 1.54) is 0 Å². The molecule has 8 heteroatoms. The predicted octanol–water partition coefficient (Wildman–Crippen LogP) is 1.36. The first-order valence-corrected chi connectivity index (χ1v) is 5.84. The number of aromatic nitrogens is 1. The van der Waals surface area contributed by atoms with E-state index in [-0.39, 0.29) is 5.15 Å². The molecule has 76 valence electrons. The summed E-state index contributed by atoms with van der Waals surface area (Å²) in [5.41, 5.74) is -0.409. The first kappa shape index (κ1) is 11.2. The van der Waals surface area contributed by atoms with Crippen molar-refractivity contribution in [2.45, 2.75) is 4.90 Å². The zero-order valence-corrected chi connectivity index (χ0v) is 8.77. The molecule has 0 aliphatic rings. The molecular weight excluding hydrogens is 253 g/mol. The van der Waals surface area contributed by atoms with Crippen molar-refractivity contribution in [3.8, 4) is 0 Å². The number of hydrogen-bond acceptors (Lipinski definition) is 4. The quantitative estimate of drug-likeness (QED) is 0.637. The van der Waals surface area contributed by atoms with Crippen LogP contribution in [-0.2, 0) is 9.05 Å². The third-order valence-corrected chi connectivity index (χ3v) is 2.95. The summed E-state index contributed by atoms with van der Waals surface area (Å²) >= 11 is 5.41. The molecule has 0 atom stereocenters. The number of carbonyl (C=O) groups is 1. The molecule has 1 N–H and O–H groups in total. The molecule has 0 fully saturated rings. The molecule has 14 heavy (non-hydrogen) atoms. The van der Waals surface area contributed by atoms with Crippen molar-refractivity contribution in [3.05, 3.63) is 23.0 Å². The van der Waals surface area contributed by atoms with Crippen molar-refractivity contribution < 1.29 is 18.3 Å². The summed E-state index contributed by atoms with van der Waals surface area (Å²) < 4.78 is 21.6. The van der Waals surface area contributed by atoms with E-state index in [0.717, 1.165) is 12.3 Å². The van der Waals surface area contributed by atoms with Crippen LogP contribution in [0.4, 0.5) is 0 Å². The molecule has 0 bridgehead atoms. The number of nitrogens with zero attached hydrogens (tertiary/aromatic N) is 1. The van der Waals surface area contributed by atoms with Crippen LogP contribution in [0.5, 0.6) is 0 Å². The zero-order chi connectivity index (χ0) is 10.9. The lowest BCUT2D eigenvalue weighted by molar-refractivity contribution is 0.0696. The minimum Gasteiger partial charge on any atom is -0.478 e. The second-order valence-electron chi connectivity index (χ2n) is 2.25. The van der Waals surface area contributed by atoms with E-state index in [2.05, 4.69) is 4.98 Å². The molecule has 1 aromatic heterocycles. The number of rotatable bonds is 2. The Morgan fingerprint density at radius 3 is 2.50 bits per heavy atom. The summed E-state index contributed by atoms with van der Waals surface area (Å²) in [5.74, 6) is -1.37. The lowest BCUT2D eigenvalue weighted by Crippen LogP contribution is -2.02. The van der Waals surface area contributed by atoms with E-state index in [1.54, 1.807) is 0 Å². The van der Waals surface area contributed by atoms with E-state index in [0.29, 0.717) is 0 Å². The van der Waals surface area contributed by atoms with Crippen molar-refractivity contribution in [2.75, 3.05) is 0 Å². The maximum atomic E-state index is 10.8. The van der Waals surface area contributed by atoms with E-state index >= 15 is 0 Å². The molecule has 0 saturated heterocycles. The van der Waals surface area contributed by atoms with Crippen LogP contribution in [-0.4, -0.2) is 24.5 Å². The molecule has 1 aromatic rings. The second kappa shape index (κ2) is 3.72. The SMILES string of the molecule is O=C(O)c1cc(S(=O)(=O)Cl)cnc1Cl. The van der Waals surface area contributed by atoms with Crippen LogP contribution in [0.15, 0.2) is 17.2 Å². The number of pyridine rings is 1. The lowest BCUT2D eigenvalue weighted by atomic mass is 10.3. The minimum atomic E-state index is -3.99. The lowest BCUT2D eigenvalue weighted by Gasteiger charge is -1.99. The largest absolute Gasteiger partial charge is 0.478 e. The summed E-state index contributed by atoms with van der Waals surface area (Å²) in [5, 5.41) is 8.30. The van der Waals surface area contributed by atoms with Gasteiger partial charge in [-0.15, -0.1) is 0 Å². The van der Waals surface area contributed by atoms with Gasteiger partial charge in [0.1, 0.15) is 10.0 Å². The van der Waals surface area contributed by atoms with Gasteiger partial charge in [0, 0.05) is 16.9 Å². The third kappa shape index (κ3) is 2.34. The maximum absolute atomic E-state index is 10.8. The Labute approximate surface area is 88.7 Å². The van der Waals surface area contributed by atoms with Gasteiger partial charge in [-0.25, -0.2) is 18.2 Å². The average Bonchev–Trinajstić information content (AvgIpc) is 2.02. The normalized spacial score (nSPS) is 11.3. The number of aromatic carboxylic acids is 1. The number of halogens is 2. The minimum absolute atomic E-state index is 0.290. The molecular formula is C6H3Cl2NO4S. The predicted molar refractivity (Wildman–Crippen MR) is 49.2 cm³/mol. The van der Waals surface area contributed by atoms with Crippen molar-refractivity contribution in [1.29, 1.82) is 0 Å². The van der Waals surface area contributed by atoms with Crippen LogP contribution < -0.4 is 0 Å². The standard InChI is InChI=1S/C6H3Cl2NO4S/c7-5-4(6(10)11)1-3(2-9-5)14(8,12)13/h1-2H,(H,10,11). The topological polar surface area (TPSA) is 84.3 Å². The van der Waals surface area contributed by atoms with E-state index in [9.17, 15) is 13.2 Å². The molecule has 0 aliphatic carbocycles. The van der Waals surface area contributed by atoms with Gasteiger partial charge >= 0.3 is 5.97 Å². The van der Waals surface area contributed by atoms with Crippen LogP contribution >= 0.6 is 22.3 Å². The van der Waals surface area contributed by atoms with Crippen LogP contribution in [0.3, 0.4) is 0 Å². The summed E-state index contributed by atoms with van der Waals surface area (Å²) in [6.07, 6.45) is 0.886. The van der Waals surface area contributed by atoms with Crippen molar-refractivity contribution in [2.24, 2.45) is 0 Å². The van der Waals surface area contributed by atoms with Crippen LogP contribution in [0.2, 0.25) is 5.15 Å². The van der Waals surface area contributed by atoms with Crippen LogP contribution in [0, 0.1) is 0 Å². The molecule has 0 aliphatic heterocycles. The van der Waals surface area contributed by atoms with Gasteiger partial charge in [-0.3, -0.25) is 0 Å². The monoisotopic (exact) mass is 255 g/mol. The molecule has 0 aromatic carbocycles. The molecule has 0 radical (unpaired) electrons. The Morgan fingerprint density at radius 1 is 1.50 bits per heavy atom. The maximum Gasteiger partial charge on any atom is 0.338 e. The molecule has 5 nitrogen and oxygen atoms in total. The first-order chi connectivity index (χ1) is 6.32. The van der Waals surface area contributed by atoms with Gasteiger partial charge in [-0.05, 0) is 6.07 Å². The zero-order valence-electron chi connectivity index (χ0n) is 6.44. The highest BCUT2D eigenvalue weighted by Crippen LogP contribution is 2.19. The fourth-order valence-electron chi connectivity index (χ4n) is 0.712. The highest BCUT2D eigenvalue weighted by atomic mass is 35.7. The Morgan fingerprint density at radius 2 is 2.07 bits per heavy atom. The number of carboxylic acids is 1. The van der Waals surface area contributed by atoms with Gasteiger partial charge in [-0.1, -0.05) is 11.6 Å². The van der Waals surface area contributed by atoms with E-state index < -0.39 is 25.5 Å². The van der Waals surface area contributed by atoms with E-state index in [1.807, 2.05) is 0 Å². The third-order valence-electron chi connectivity index (χ3n) is 1.33. The van der Waals surface area contributed by atoms with Gasteiger partial charge in [0.15, 0.2) is 0 Å². The number of hydrogen-bond donors (Lipinski definition) is 1. The van der Waals surface area contributed by atoms with Gasteiger partial charge in [0.25, 0.3) is 9.05 Å². The summed E-state index contributed by atoms with van der Waals surface area (Å²) in [7, 11) is 0.996. The molecule has 0 amide bonds. The Hall–Kier alpha value is -0.850. The molecule has 0 unspecified atom stereocenters. The van der Waals surface area contributed by atoms with Gasteiger partial charge in [0.05, 0.1) is 5.56 Å². The molecule has 0 spiro atoms. The van der Waals surface area contributed by atoms with Crippen LogP contribution in [0.1, 0.15) is 10.4 Å². The Balaban J connectivity index is 3.42. The first-order valence-electron chi connectivity index (χ1n) is 3.16. The fourth-order valence-corrected chi connectivity index (χ4v) is 1.59. The summed E-state index contributed by atoms with van der Waals surface area (Å²) in [4.78, 5) is 13.5. The number of carboxylic acid groups (broad SMARTS) is 1.